The highest BCUT2D eigenvalue weighted by Gasteiger charge is 2.15. The molecule has 0 aromatic heterocycles. The van der Waals surface area contributed by atoms with E-state index in [0.717, 1.165) is 0 Å². The van der Waals surface area contributed by atoms with Crippen molar-refractivity contribution in [2.75, 3.05) is 7.11 Å². The van der Waals surface area contributed by atoms with E-state index in [1.807, 2.05) is 0 Å². The van der Waals surface area contributed by atoms with E-state index in [4.69, 9.17) is 10.6 Å². The van der Waals surface area contributed by atoms with Crippen LogP contribution in [0.25, 0.3) is 0 Å². The average molecular weight is 212 g/mol. The molecule has 2 N–H and O–H groups in total. The quantitative estimate of drug-likeness (QED) is 0.604. The summed E-state index contributed by atoms with van der Waals surface area (Å²) in [5, 5.41) is 10.5. The molecule has 0 aliphatic heterocycles. The third kappa shape index (κ3) is 2.42. The molecule has 0 saturated heterocycles. The van der Waals surface area contributed by atoms with Gasteiger partial charge in [-0.1, -0.05) is 0 Å². The Hall–Kier alpha value is -1.66. The third-order valence-electron chi connectivity index (χ3n) is 2.07. The normalized spacial score (nSPS) is 12.2. The molecule has 0 heterocycles. The Bertz CT molecular complexity index is 367. The molecule has 1 aromatic carbocycles. The van der Waals surface area contributed by atoms with Crippen molar-refractivity contribution in [3.63, 3.8) is 0 Å². The smallest absolute Gasteiger partial charge is 0.273 e. The standard InChI is InChI=1S/C9H12N2O4/c1-6(15-10)8-4-3-7(11(12)13)5-9(8)14-2/h3-6H,10H2,1-2H3. The van der Waals surface area contributed by atoms with Crippen molar-refractivity contribution in [1.29, 1.82) is 0 Å². The van der Waals surface area contributed by atoms with Crippen molar-refractivity contribution in [2.24, 2.45) is 5.90 Å². The van der Waals surface area contributed by atoms with Crippen molar-refractivity contribution in [3.8, 4) is 5.75 Å². The van der Waals surface area contributed by atoms with Crippen LogP contribution in [0.4, 0.5) is 5.69 Å². The summed E-state index contributed by atoms with van der Waals surface area (Å²) in [4.78, 5) is 14.7. The average Bonchev–Trinajstić information content (AvgIpc) is 2.27. The van der Waals surface area contributed by atoms with Crippen LogP contribution in [0.15, 0.2) is 18.2 Å². The summed E-state index contributed by atoms with van der Waals surface area (Å²) in [5.41, 5.74) is 0.644. The number of hydrogen-bond acceptors (Lipinski definition) is 5. The molecule has 1 atom stereocenters. The molecule has 0 aliphatic rings. The van der Waals surface area contributed by atoms with Gasteiger partial charge in [0.05, 0.1) is 18.1 Å². The number of hydrogen-bond donors (Lipinski definition) is 1. The van der Waals surface area contributed by atoms with Gasteiger partial charge >= 0.3 is 0 Å². The van der Waals surface area contributed by atoms with E-state index in [0.29, 0.717) is 11.3 Å². The van der Waals surface area contributed by atoms with Crippen LogP contribution < -0.4 is 10.6 Å². The number of ether oxygens (including phenoxy) is 1. The van der Waals surface area contributed by atoms with Crippen LogP contribution in [0, 0.1) is 10.1 Å². The minimum atomic E-state index is -0.486. The van der Waals surface area contributed by atoms with E-state index in [2.05, 4.69) is 4.84 Å². The third-order valence-corrected chi connectivity index (χ3v) is 2.07. The lowest BCUT2D eigenvalue weighted by Gasteiger charge is -2.12. The minimum Gasteiger partial charge on any atom is -0.496 e. The van der Waals surface area contributed by atoms with Gasteiger partial charge in [-0.2, -0.15) is 0 Å². The maximum Gasteiger partial charge on any atom is 0.273 e. The van der Waals surface area contributed by atoms with Gasteiger partial charge in [0, 0.05) is 11.6 Å². The topological polar surface area (TPSA) is 87.6 Å². The molecule has 0 bridgehead atoms. The Morgan fingerprint density at radius 2 is 2.20 bits per heavy atom. The van der Waals surface area contributed by atoms with Crippen LogP contribution in [0.1, 0.15) is 18.6 Å². The molecule has 1 unspecified atom stereocenters. The van der Waals surface area contributed by atoms with E-state index in [1.54, 1.807) is 13.0 Å². The molecular formula is C9H12N2O4. The summed E-state index contributed by atoms with van der Waals surface area (Å²) in [5.74, 6) is 5.43. The first-order chi connectivity index (χ1) is 7.10. The highest BCUT2D eigenvalue weighted by atomic mass is 16.6. The second-order valence-electron chi connectivity index (χ2n) is 2.96. The van der Waals surface area contributed by atoms with Gasteiger partial charge in [0.1, 0.15) is 11.9 Å². The lowest BCUT2D eigenvalue weighted by atomic mass is 10.1. The lowest BCUT2D eigenvalue weighted by Crippen LogP contribution is -2.07. The molecule has 0 fully saturated rings. The zero-order chi connectivity index (χ0) is 11.4. The highest BCUT2D eigenvalue weighted by molar-refractivity contribution is 5.45. The predicted octanol–water partition coefficient (Wildman–Crippen LogP) is 1.55. The van der Waals surface area contributed by atoms with Gasteiger partial charge in [-0.25, -0.2) is 5.90 Å². The van der Waals surface area contributed by atoms with Crippen LogP contribution >= 0.6 is 0 Å². The Kier molecular flexibility index (Phi) is 3.59. The van der Waals surface area contributed by atoms with Gasteiger partial charge in [-0.05, 0) is 13.0 Å². The number of rotatable bonds is 4. The zero-order valence-electron chi connectivity index (χ0n) is 8.47. The van der Waals surface area contributed by atoms with Crippen LogP contribution in [0.2, 0.25) is 0 Å². The molecule has 6 nitrogen and oxygen atoms in total. The number of benzene rings is 1. The minimum absolute atomic E-state index is 0.0279. The molecule has 1 rings (SSSR count). The molecule has 82 valence electrons. The van der Waals surface area contributed by atoms with Gasteiger partial charge in [-0.15, -0.1) is 0 Å². The Balaban J connectivity index is 3.14. The largest absolute Gasteiger partial charge is 0.496 e. The molecular weight excluding hydrogens is 200 g/mol. The summed E-state index contributed by atoms with van der Waals surface area (Å²) >= 11 is 0. The first-order valence-corrected chi connectivity index (χ1v) is 4.28. The van der Waals surface area contributed by atoms with E-state index in [-0.39, 0.29) is 11.8 Å². The second kappa shape index (κ2) is 4.72. The second-order valence-corrected chi connectivity index (χ2v) is 2.96. The summed E-state index contributed by atoms with van der Waals surface area (Å²) in [7, 11) is 1.44. The summed E-state index contributed by atoms with van der Waals surface area (Å²) in [6.07, 6.45) is -0.374. The van der Waals surface area contributed by atoms with Crippen LogP contribution in [-0.4, -0.2) is 12.0 Å². The number of nitro benzene ring substituents is 1. The number of nitrogens with two attached hydrogens (primary N) is 1. The Morgan fingerprint density at radius 1 is 1.53 bits per heavy atom. The predicted molar refractivity (Wildman–Crippen MR) is 53.3 cm³/mol. The maximum atomic E-state index is 10.5. The van der Waals surface area contributed by atoms with Crippen LogP contribution in [0.5, 0.6) is 5.75 Å². The monoisotopic (exact) mass is 212 g/mol. The molecule has 0 aliphatic carbocycles. The van der Waals surface area contributed by atoms with Crippen molar-refractivity contribution in [1.82, 2.24) is 0 Å². The first-order valence-electron chi connectivity index (χ1n) is 4.28. The number of nitro groups is 1. The molecule has 1 aromatic rings. The van der Waals surface area contributed by atoms with Gasteiger partial charge in [0.15, 0.2) is 0 Å². The van der Waals surface area contributed by atoms with E-state index in [9.17, 15) is 10.1 Å². The highest BCUT2D eigenvalue weighted by Crippen LogP contribution is 2.30. The van der Waals surface area contributed by atoms with Gasteiger partial charge in [0.25, 0.3) is 5.69 Å². The van der Waals surface area contributed by atoms with Crippen molar-refractivity contribution in [2.45, 2.75) is 13.0 Å². The molecule has 0 radical (unpaired) electrons. The molecule has 0 saturated carbocycles. The van der Waals surface area contributed by atoms with E-state index >= 15 is 0 Å². The fourth-order valence-corrected chi connectivity index (χ4v) is 1.22. The summed E-state index contributed by atoms with van der Waals surface area (Å²) < 4.78 is 5.02. The summed E-state index contributed by atoms with van der Waals surface area (Å²) in [6, 6.07) is 4.28. The fraction of sp³-hybridized carbons (Fsp3) is 0.333. The number of methoxy groups -OCH3 is 1. The number of non-ortho nitro benzene ring substituents is 1. The molecule has 0 amide bonds. The van der Waals surface area contributed by atoms with Crippen molar-refractivity contribution < 1.29 is 14.5 Å². The first kappa shape index (κ1) is 11.4. The molecule has 0 spiro atoms. The molecule has 6 heteroatoms. The van der Waals surface area contributed by atoms with Gasteiger partial charge in [-0.3, -0.25) is 15.0 Å². The van der Waals surface area contributed by atoms with Gasteiger partial charge in [0.2, 0.25) is 0 Å². The maximum absolute atomic E-state index is 10.5. The van der Waals surface area contributed by atoms with Crippen molar-refractivity contribution in [3.05, 3.63) is 33.9 Å². The lowest BCUT2D eigenvalue weighted by molar-refractivity contribution is -0.385. The summed E-state index contributed by atoms with van der Waals surface area (Å²) in [6.45, 7) is 1.73. The number of nitrogens with zero attached hydrogens (tertiary/aromatic N) is 1. The van der Waals surface area contributed by atoms with Gasteiger partial charge < -0.3 is 4.74 Å². The fourth-order valence-electron chi connectivity index (χ4n) is 1.22. The zero-order valence-corrected chi connectivity index (χ0v) is 8.47. The van der Waals surface area contributed by atoms with Crippen LogP contribution in [-0.2, 0) is 4.84 Å². The SMILES string of the molecule is COc1cc([N+](=O)[O-])ccc1C(C)ON. The Morgan fingerprint density at radius 3 is 2.67 bits per heavy atom. The van der Waals surface area contributed by atoms with E-state index < -0.39 is 4.92 Å². The van der Waals surface area contributed by atoms with E-state index in [1.165, 1.54) is 19.2 Å². The van der Waals surface area contributed by atoms with Crippen LogP contribution in [0.3, 0.4) is 0 Å². The molecule has 15 heavy (non-hydrogen) atoms. The van der Waals surface area contributed by atoms with Crippen molar-refractivity contribution >= 4 is 5.69 Å². The Labute approximate surface area is 86.7 Å².